The van der Waals surface area contributed by atoms with Crippen molar-refractivity contribution in [3.63, 3.8) is 0 Å². The lowest BCUT2D eigenvalue weighted by molar-refractivity contribution is -0.385. The zero-order valence-electron chi connectivity index (χ0n) is 11.4. The van der Waals surface area contributed by atoms with Crippen molar-refractivity contribution in [2.45, 2.75) is 19.6 Å². The van der Waals surface area contributed by atoms with Crippen molar-refractivity contribution in [3.8, 4) is 0 Å². The predicted octanol–water partition coefficient (Wildman–Crippen LogP) is 1.71. The van der Waals surface area contributed by atoms with E-state index in [2.05, 4.69) is 10.4 Å². The maximum absolute atomic E-state index is 13.6. The first-order chi connectivity index (χ1) is 9.97. The summed E-state index contributed by atoms with van der Waals surface area (Å²) in [6.07, 6.45) is 1.49. The van der Waals surface area contributed by atoms with E-state index in [0.717, 1.165) is 11.8 Å². The molecule has 0 radical (unpaired) electrons. The maximum Gasteiger partial charge on any atom is 0.306 e. The SMILES string of the molecule is Cc1cccc(F)c1NCC(O)Cn1cc([N+](=O)[O-])cn1. The van der Waals surface area contributed by atoms with Crippen molar-refractivity contribution >= 4 is 11.4 Å². The number of aliphatic hydroxyl groups excluding tert-OH is 1. The van der Waals surface area contributed by atoms with Gasteiger partial charge in [0.1, 0.15) is 18.2 Å². The number of benzene rings is 1. The Labute approximate surface area is 120 Å². The molecule has 0 aliphatic heterocycles. The molecule has 0 bridgehead atoms. The van der Waals surface area contributed by atoms with Crippen LogP contribution in [0, 0.1) is 22.9 Å². The number of nitro groups is 1. The molecule has 112 valence electrons. The first-order valence-electron chi connectivity index (χ1n) is 6.31. The Bertz CT molecular complexity index is 624. The third kappa shape index (κ3) is 3.76. The van der Waals surface area contributed by atoms with Gasteiger partial charge in [0.25, 0.3) is 0 Å². The van der Waals surface area contributed by atoms with Crippen molar-refractivity contribution in [2.24, 2.45) is 0 Å². The summed E-state index contributed by atoms with van der Waals surface area (Å²) in [6, 6.07) is 4.70. The summed E-state index contributed by atoms with van der Waals surface area (Å²) in [5, 5.41) is 27.0. The van der Waals surface area contributed by atoms with Crippen LogP contribution in [0.3, 0.4) is 0 Å². The van der Waals surface area contributed by atoms with Crippen LogP contribution in [0.5, 0.6) is 0 Å². The normalized spacial score (nSPS) is 12.1. The van der Waals surface area contributed by atoms with Crippen LogP contribution in [-0.4, -0.2) is 32.5 Å². The van der Waals surface area contributed by atoms with Crippen LogP contribution >= 0.6 is 0 Å². The number of para-hydroxylation sites is 1. The molecule has 0 aliphatic carbocycles. The molecule has 0 spiro atoms. The minimum atomic E-state index is -0.858. The average Bonchev–Trinajstić information content (AvgIpc) is 2.87. The van der Waals surface area contributed by atoms with E-state index in [0.29, 0.717) is 5.69 Å². The van der Waals surface area contributed by atoms with Crippen LogP contribution in [0.15, 0.2) is 30.6 Å². The van der Waals surface area contributed by atoms with Crippen molar-refractivity contribution in [1.82, 2.24) is 9.78 Å². The maximum atomic E-state index is 13.6. The molecule has 1 heterocycles. The van der Waals surface area contributed by atoms with Crippen molar-refractivity contribution < 1.29 is 14.4 Å². The molecule has 1 aromatic heterocycles. The van der Waals surface area contributed by atoms with Crippen LogP contribution in [0.4, 0.5) is 15.8 Å². The molecule has 1 unspecified atom stereocenters. The monoisotopic (exact) mass is 294 g/mol. The largest absolute Gasteiger partial charge is 0.389 e. The Morgan fingerprint density at radius 3 is 2.95 bits per heavy atom. The standard InChI is InChI=1S/C13H15FN4O3/c1-9-3-2-4-12(14)13(9)15-6-11(19)8-17-7-10(5-16-17)18(20)21/h2-5,7,11,15,19H,6,8H2,1H3. The average molecular weight is 294 g/mol. The third-order valence-electron chi connectivity index (χ3n) is 2.96. The van der Waals surface area contributed by atoms with E-state index < -0.39 is 16.8 Å². The molecule has 1 aromatic carbocycles. The summed E-state index contributed by atoms with van der Waals surface area (Å²) < 4.78 is 14.9. The summed E-state index contributed by atoms with van der Waals surface area (Å²) in [5.74, 6) is -0.392. The van der Waals surface area contributed by atoms with E-state index in [1.165, 1.54) is 16.9 Å². The number of aryl methyl sites for hydroxylation is 1. The Morgan fingerprint density at radius 1 is 1.57 bits per heavy atom. The van der Waals surface area contributed by atoms with Gasteiger partial charge < -0.3 is 10.4 Å². The Balaban J connectivity index is 1.92. The molecule has 0 fully saturated rings. The molecule has 8 heteroatoms. The lowest BCUT2D eigenvalue weighted by atomic mass is 10.2. The molecule has 21 heavy (non-hydrogen) atoms. The molecule has 0 saturated heterocycles. The smallest absolute Gasteiger partial charge is 0.306 e. The molecule has 2 aromatic rings. The van der Waals surface area contributed by atoms with Gasteiger partial charge in [-0.15, -0.1) is 0 Å². The Hall–Kier alpha value is -2.48. The number of rotatable bonds is 6. The second-order valence-electron chi connectivity index (χ2n) is 4.64. The molecule has 0 amide bonds. The number of halogens is 1. The minimum Gasteiger partial charge on any atom is -0.389 e. The predicted molar refractivity (Wildman–Crippen MR) is 74.5 cm³/mol. The second kappa shape index (κ2) is 6.31. The summed E-state index contributed by atoms with van der Waals surface area (Å²) in [4.78, 5) is 9.96. The number of hydrogen-bond acceptors (Lipinski definition) is 5. The topological polar surface area (TPSA) is 93.2 Å². The van der Waals surface area contributed by atoms with E-state index in [1.807, 2.05) is 0 Å². The van der Waals surface area contributed by atoms with Crippen LogP contribution in [0.2, 0.25) is 0 Å². The lowest BCUT2D eigenvalue weighted by Gasteiger charge is -2.14. The highest BCUT2D eigenvalue weighted by Crippen LogP contribution is 2.18. The lowest BCUT2D eigenvalue weighted by Crippen LogP contribution is -2.25. The summed E-state index contributed by atoms with van der Waals surface area (Å²) >= 11 is 0. The van der Waals surface area contributed by atoms with E-state index in [1.54, 1.807) is 19.1 Å². The van der Waals surface area contributed by atoms with Crippen molar-refractivity contribution in [3.05, 3.63) is 52.1 Å². The molecule has 2 rings (SSSR count). The highest BCUT2D eigenvalue weighted by molar-refractivity contribution is 5.51. The number of nitrogens with one attached hydrogen (secondary N) is 1. The number of hydrogen-bond donors (Lipinski definition) is 2. The summed E-state index contributed by atoms with van der Waals surface area (Å²) in [5.41, 5.74) is 0.931. The zero-order chi connectivity index (χ0) is 15.4. The van der Waals surface area contributed by atoms with E-state index in [4.69, 9.17) is 0 Å². The van der Waals surface area contributed by atoms with Gasteiger partial charge in [-0.1, -0.05) is 12.1 Å². The number of anilines is 1. The fourth-order valence-corrected chi connectivity index (χ4v) is 1.90. The van der Waals surface area contributed by atoms with Gasteiger partial charge in [0.15, 0.2) is 0 Å². The number of aliphatic hydroxyl groups is 1. The van der Waals surface area contributed by atoms with E-state index >= 15 is 0 Å². The fraction of sp³-hybridized carbons (Fsp3) is 0.308. The summed E-state index contributed by atoms with van der Waals surface area (Å²) in [7, 11) is 0. The molecule has 2 N–H and O–H groups in total. The third-order valence-corrected chi connectivity index (χ3v) is 2.96. The van der Waals surface area contributed by atoms with Gasteiger partial charge in [0.2, 0.25) is 0 Å². The van der Waals surface area contributed by atoms with Crippen LogP contribution in [0.25, 0.3) is 0 Å². The number of nitrogens with zero attached hydrogens (tertiary/aromatic N) is 3. The van der Waals surface area contributed by atoms with Gasteiger partial charge >= 0.3 is 5.69 Å². The van der Waals surface area contributed by atoms with Gasteiger partial charge in [-0.3, -0.25) is 14.8 Å². The zero-order valence-corrected chi connectivity index (χ0v) is 11.4. The Morgan fingerprint density at radius 2 is 2.33 bits per heavy atom. The van der Waals surface area contributed by atoms with Crippen LogP contribution in [0.1, 0.15) is 5.56 Å². The van der Waals surface area contributed by atoms with Crippen molar-refractivity contribution in [2.75, 3.05) is 11.9 Å². The first kappa shape index (κ1) is 14.9. The number of aromatic nitrogens is 2. The minimum absolute atomic E-state index is 0.0777. The molecular weight excluding hydrogens is 279 g/mol. The van der Waals surface area contributed by atoms with E-state index in [9.17, 15) is 19.6 Å². The molecule has 0 aliphatic rings. The molecular formula is C13H15FN4O3. The van der Waals surface area contributed by atoms with Crippen LogP contribution < -0.4 is 5.32 Å². The summed E-state index contributed by atoms with van der Waals surface area (Å²) in [6.45, 7) is 1.94. The van der Waals surface area contributed by atoms with E-state index in [-0.39, 0.29) is 18.8 Å². The fourth-order valence-electron chi connectivity index (χ4n) is 1.90. The van der Waals surface area contributed by atoms with Gasteiger partial charge in [0, 0.05) is 6.54 Å². The molecule has 7 nitrogen and oxygen atoms in total. The molecule has 1 atom stereocenters. The van der Waals surface area contributed by atoms with Gasteiger partial charge in [-0.2, -0.15) is 5.10 Å². The highest BCUT2D eigenvalue weighted by atomic mass is 19.1. The van der Waals surface area contributed by atoms with Gasteiger partial charge in [0.05, 0.1) is 23.3 Å². The van der Waals surface area contributed by atoms with Gasteiger partial charge in [-0.25, -0.2) is 4.39 Å². The molecule has 0 saturated carbocycles. The van der Waals surface area contributed by atoms with Gasteiger partial charge in [-0.05, 0) is 18.6 Å². The highest BCUT2D eigenvalue weighted by Gasteiger charge is 2.13. The van der Waals surface area contributed by atoms with Crippen molar-refractivity contribution in [1.29, 1.82) is 0 Å². The Kier molecular flexibility index (Phi) is 4.49. The van der Waals surface area contributed by atoms with Crippen LogP contribution in [-0.2, 0) is 6.54 Å². The first-order valence-corrected chi connectivity index (χ1v) is 6.31. The quantitative estimate of drug-likeness (QED) is 0.625. The second-order valence-corrected chi connectivity index (χ2v) is 4.64.